The van der Waals surface area contributed by atoms with Gasteiger partial charge in [0.15, 0.2) is 5.78 Å². The van der Waals surface area contributed by atoms with E-state index in [2.05, 4.69) is 0 Å². The number of carbonyl (C=O) groups is 4. The van der Waals surface area contributed by atoms with Crippen LogP contribution in [0.2, 0.25) is 0 Å². The van der Waals surface area contributed by atoms with Crippen LogP contribution in [0.25, 0.3) is 0 Å². The van der Waals surface area contributed by atoms with Crippen LogP contribution in [-0.4, -0.2) is 23.6 Å². The summed E-state index contributed by atoms with van der Waals surface area (Å²) in [5.41, 5.74) is 1.31. The van der Waals surface area contributed by atoms with Gasteiger partial charge in [0.1, 0.15) is 11.5 Å². The van der Waals surface area contributed by atoms with Gasteiger partial charge < -0.3 is 14.6 Å². The van der Waals surface area contributed by atoms with Crippen LogP contribution >= 0.6 is 0 Å². The van der Waals surface area contributed by atoms with Crippen LogP contribution in [-0.2, 0) is 0 Å². The summed E-state index contributed by atoms with van der Waals surface area (Å²) >= 11 is 0. The van der Waals surface area contributed by atoms with Gasteiger partial charge in [-0.15, -0.1) is 0 Å². The highest BCUT2D eigenvalue weighted by atomic mass is 16.5. The quantitative estimate of drug-likeness (QED) is 0.482. The van der Waals surface area contributed by atoms with Gasteiger partial charge in [-0.05, 0) is 79.2 Å². The highest BCUT2D eigenvalue weighted by Crippen LogP contribution is 2.32. The number of amides is 2. The summed E-state index contributed by atoms with van der Waals surface area (Å²) in [4.78, 5) is 48.9. The molecule has 1 heterocycles. The lowest BCUT2D eigenvalue weighted by atomic mass is 10.1. The Balaban J connectivity index is 1.60. The zero-order valence-electron chi connectivity index (χ0n) is 15.7. The average Bonchev–Trinajstić information content (AvgIpc) is 2.98. The maximum Gasteiger partial charge on any atom is 0.266 e. The highest BCUT2D eigenvalue weighted by molar-refractivity contribution is 6.34. The van der Waals surface area contributed by atoms with Crippen LogP contribution in [0, 0.1) is 0 Å². The Hall–Kier alpha value is -4.26. The molecule has 0 spiro atoms. The van der Waals surface area contributed by atoms with Crippen LogP contribution in [0.15, 0.2) is 66.7 Å². The van der Waals surface area contributed by atoms with Crippen molar-refractivity contribution >= 4 is 29.3 Å². The molecule has 3 aromatic carbocycles. The molecule has 0 atom stereocenters. The normalized spacial score (nSPS) is 12.6. The van der Waals surface area contributed by atoms with Crippen LogP contribution in [0.5, 0.6) is 11.5 Å². The molecule has 2 amide bonds. The minimum Gasteiger partial charge on any atom is -0.545 e. The Kier molecular flexibility index (Phi) is 4.63. The van der Waals surface area contributed by atoms with Crippen molar-refractivity contribution in [1.82, 2.24) is 0 Å². The number of hydrogen-bond acceptors (Lipinski definition) is 6. The lowest BCUT2D eigenvalue weighted by Crippen LogP contribution is -2.29. The smallest absolute Gasteiger partial charge is 0.266 e. The molecule has 0 saturated heterocycles. The second-order valence-electron chi connectivity index (χ2n) is 6.67. The minimum absolute atomic E-state index is 0.0171. The summed E-state index contributed by atoms with van der Waals surface area (Å²) in [5, 5.41) is 10.8. The van der Waals surface area contributed by atoms with Crippen molar-refractivity contribution in [3.8, 4) is 11.5 Å². The Morgan fingerprint density at radius 1 is 0.767 bits per heavy atom. The van der Waals surface area contributed by atoms with Crippen molar-refractivity contribution in [1.29, 1.82) is 0 Å². The predicted octanol–water partition coefficient (Wildman–Crippen LogP) is 2.85. The first-order valence-corrected chi connectivity index (χ1v) is 8.98. The van der Waals surface area contributed by atoms with Gasteiger partial charge in [-0.3, -0.25) is 14.4 Å². The molecule has 0 radical (unpaired) electrons. The molecule has 0 bridgehead atoms. The Morgan fingerprint density at radius 3 is 1.93 bits per heavy atom. The number of rotatable bonds is 5. The summed E-state index contributed by atoms with van der Waals surface area (Å²) in [6, 6.07) is 16.4. The molecule has 3 aromatic rings. The number of anilines is 1. The predicted molar refractivity (Wildman–Crippen MR) is 105 cm³/mol. The number of hydrogen-bond donors (Lipinski definition) is 0. The maximum absolute atomic E-state index is 12.9. The molecular weight excluding hydrogens is 386 g/mol. The summed E-state index contributed by atoms with van der Waals surface area (Å²) in [6.45, 7) is 1.44. The van der Waals surface area contributed by atoms with Crippen LogP contribution in [0.3, 0.4) is 0 Å². The molecule has 0 unspecified atom stereocenters. The van der Waals surface area contributed by atoms with Crippen molar-refractivity contribution in [3.63, 3.8) is 0 Å². The number of imide groups is 1. The van der Waals surface area contributed by atoms with Crippen molar-refractivity contribution in [2.45, 2.75) is 6.92 Å². The Morgan fingerprint density at radius 2 is 1.33 bits per heavy atom. The van der Waals surface area contributed by atoms with Crippen LogP contribution < -0.4 is 14.7 Å². The maximum atomic E-state index is 12.9. The van der Waals surface area contributed by atoms with Crippen molar-refractivity contribution in [3.05, 3.63) is 89.0 Å². The molecule has 0 fully saturated rings. The average molecular weight is 400 g/mol. The van der Waals surface area contributed by atoms with E-state index < -0.39 is 17.8 Å². The molecule has 7 nitrogen and oxygen atoms in total. The number of benzene rings is 3. The number of carboxylic acid groups (broad SMARTS) is 1. The van der Waals surface area contributed by atoms with Crippen LogP contribution in [0.4, 0.5) is 5.69 Å². The van der Waals surface area contributed by atoms with E-state index in [9.17, 15) is 24.3 Å². The number of carbonyl (C=O) groups excluding carboxylic acids is 4. The molecule has 0 aliphatic carbocycles. The number of Topliss-reactive ketones (excluding diaryl/α,β-unsaturated/α-hetero) is 1. The van der Waals surface area contributed by atoms with E-state index in [0.717, 1.165) is 4.90 Å². The molecule has 7 heteroatoms. The Labute approximate surface area is 171 Å². The van der Waals surface area contributed by atoms with E-state index in [1.54, 1.807) is 30.3 Å². The molecule has 1 aliphatic rings. The van der Waals surface area contributed by atoms with Gasteiger partial charge in [-0.25, -0.2) is 4.90 Å². The van der Waals surface area contributed by atoms with Crippen molar-refractivity contribution in [2.75, 3.05) is 4.90 Å². The number of ether oxygens (including phenoxy) is 1. The van der Waals surface area contributed by atoms with Crippen molar-refractivity contribution < 1.29 is 29.0 Å². The van der Waals surface area contributed by atoms with Crippen LogP contribution in [0.1, 0.15) is 48.4 Å². The fourth-order valence-corrected chi connectivity index (χ4v) is 3.16. The van der Waals surface area contributed by atoms with Gasteiger partial charge in [-0.2, -0.15) is 0 Å². The monoisotopic (exact) mass is 400 g/mol. The van der Waals surface area contributed by atoms with E-state index in [0.29, 0.717) is 22.7 Å². The van der Waals surface area contributed by atoms with E-state index >= 15 is 0 Å². The minimum atomic E-state index is -1.29. The van der Waals surface area contributed by atoms with E-state index in [-0.39, 0.29) is 22.5 Å². The number of aromatic carboxylic acids is 1. The molecule has 1 aliphatic heterocycles. The molecular formula is C23H14NO6-. The summed E-state index contributed by atoms with van der Waals surface area (Å²) in [7, 11) is 0. The number of ketones is 1. The summed E-state index contributed by atoms with van der Waals surface area (Å²) < 4.78 is 5.67. The zero-order chi connectivity index (χ0) is 21.4. The third-order valence-corrected chi connectivity index (χ3v) is 4.72. The van der Waals surface area contributed by atoms with Gasteiger partial charge in [0.2, 0.25) is 0 Å². The largest absolute Gasteiger partial charge is 0.545 e. The first kappa shape index (κ1) is 19.1. The van der Waals surface area contributed by atoms with Gasteiger partial charge in [0, 0.05) is 5.56 Å². The highest BCUT2D eigenvalue weighted by Gasteiger charge is 2.37. The lowest BCUT2D eigenvalue weighted by Gasteiger charge is -2.13. The Bertz CT molecular complexity index is 1200. The second-order valence-corrected chi connectivity index (χ2v) is 6.67. The molecule has 30 heavy (non-hydrogen) atoms. The standard InChI is InChI=1S/C23H15NO6/c1-13(25)14-2-6-16(7-3-14)24-21(26)19-11-10-18(12-20(19)22(24)27)30-17-8-4-15(5-9-17)23(28)29/h2-12H,1H3,(H,28,29)/p-1. The fourth-order valence-electron chi connectivity index (χ4n) is 3.16. The van der Waals surface area contributed by atoms with Gasteiger partial charge in [-0.1, -0.05) is 0 Å². The van der Waals surface area contributed by atoms with E-state index in [4.69, 9.17) is 4.74 Å². The number of fused-ring (bicyclic) bond motifs is 1. The lowest BCUT2D eigenvalue weighted by molar-refractivity contribution is -0.255. The van der Waals surface area contributed by atoms with Gasteiger partial charge in [0.25, 0.3) is 11.8 Å². The van der Waals surface area contributed by atoms with Gasteiger partial charge >= 0.3 is 0 Å². The molecule has 0 N–H and O–H groups in total. The van der Waals surface area contributed by atoms with Crippen molar-refractivity contribution in [2.24, 2.45) is 0 Å². The molecule has 0 aromatic heterocycles. The zero-order valence-corrected chi connectivity index (χ0v) is 15.7. The third kappa shape index (κ3) is 3.33. The van der Waals surface area contributed by atoms with E-state index in [1.807, 2.05) is 0 Å². The third-order valence-electron chi connectivity index (χ3n) is 4.72. The molecule has 0 saturated carbocycles. The first-order chi connectivity index (χ1) is 14.3. The first-order valence-electron chi connectivity index (χ1n) is 8.98. The van der Waals surface area contributed by atoms with Gasteiger partial charge in [0.05, 0.1) is 22.8 Å². The number of nitrogens with zero attached hydrogens (tertiary/aromatic N) is 1. The van der Waals surface area contributed by atoms with E-state index in [1.165, 1.54) is 43.3 Å². The molecule has 148 valence electrons. The fraction of sp³-hybridized carbons (Fsp3) is 0.0435. The SMILES string of the molecule is CC(=O)c1ccc(N2C(=O)c3ccc(Oc4ccc(C(=O)[O-])cc4)cc3C2=O)cc1. The summed E-state index contributed by atoms with van der Waals surface area (Å²) in [5.74, 6) is -1.67. The second kappa shape index (κ2) is 7.29. The molecule has 4 rings (SSSR count). The summed E-state index contributed by atoms with van der Waals surface area (Å²) in [6.07, 6.45) is 0. The topological polar surface area (TPSA) is 104 Å². The number of carboxylic acids is 1.